The second-order valence-electron chi connectivity index (χ2n) is 4.07. The van der Waals surface area contributed by atoms with E-state index >= 15 is 0 Å². The lowest BCUT2D eigenvalue weighted by Crippen LogP contribution is -2.40. The average molecular weight is 201 g/mol. The van der Waals surface area contributed by atoms with Crippen molar-refractivity contribution >= 4 is 8.32 Å². The molecule has 0 radical (unpaired) electrons. The van der Waals surface area contributed by atoms with Gasteiger partial charge in [0.05, 0.1) is 6.61 Å². The summed E-state index contributed by atoms with van der Waals surface area (Å²) in [5.41, 5.74) is 8.40. The smallest absolute Gasteiger partial charge is 0.240 e. The summed E-state index contributed by atoms with van der Waals surface area (Å²) in [6.07, 6.45) is 1.56. The van der Waals surface area contributed by atoms with Crippen LogP contribution in [0, 0.1) is 0 Å². The first-order chi connectivity index (χ1) is 5.97. The number of hydrogen-bond donors (Lipinski definition) is 0. The van der Waals surface area contributed by atoms with Crippen LogP contribution >= 0.6 is 0 Å². The van der Waals surface area contributed by atoms with E-state index in [0.717, 1.165) is 6.42 Å². The molecule has 1 atom stereocenters. The maximum absolute atomic E-state index is 8.40. The van der Waals surface area contributed by atoms with Gasteiger partial charge in [0.15, 0.2) is 8.32 Å². The molecule has 13 heavy (non-hydrogen) atoms. The molecule has 0 N–H and O–H groups in total. The number of ether oxygens (including phenoxy) is 1. The van der Waals surface area contributed by atoms with Crippen LogP contribution in [-0.2, 0) is 9.16 Å². The van der Waals surface area contributed by atoms with E-state index < -0.39 is 14.2 Å². The van der Waals surface area contributed by atoms with Gasteiger partial charge in [0, 0.05) is 11.3 Å². The first-order valence-corrected chi connectivity index (χ1v) is 7.79. The van der Waals surface area contributed by atoms with E-state index in [1.165, 1.54) is 0 Å². The molecular formula is C7H15N3O2Si. The van der Waals surface area contributed by atoms with Gasteiger partial charge in [-0.25, -0.2) is 0 Å². The summed E-state index contributed by atoms with van der Waals surface area (Å²) in [6.45, 7) is 6.75. The monoisotopic (exact) mass is 201 g/mol. The molecule has 1 unspecified atom stereocenters. The molecule has 0 aromatic rings. The molecule has 0 amide bonds. The minimum Gasteiger partial charge on any atom is -0.387 e. The molecule has 1 aliphatic rings. The summed E-state index contributed by atoms with van der Waals surface area (Å²) < 4.78 is 11.1. The Bertz CT molecular complexity index is 226. The topological polar surface area (TPSA) is 67.2 Å². The third kappa shape index (κ3) is 3.00. The lowest BCUT2D eigenvalue weighted by Gasteiger charge is -2.30. The Morgan fingerprint density at radius 1 is 1.54 bits per heavy atom. The first-order valence-electron chi connectivity index (χ1n) is 4.38. The molecule has 74 valence electrons. The highest BCUT2D eigenvalue weighted by Gasteiger charge is 2.39. The lowest BCUT2D eigenvalue weighted by molar-refractivity contribution is -0.149. The van der Waals surface area contributed by atoms with Gasteiger partial charge in [-0.1, -0.05) is 0 Å². The molecule has 5 nitrogen and oxygen atoms in total. The molecule has 0 aromatic carbocycles. The molecule has 0 saturated carbocycles. The molecule has 0 aromatic heterocycles. The minimum absolute atomic E-state index is 0.615. The molecule has 0 bridgehead atoms. The lowest BCUT2D eigenvalue weighted by atomic mass is 10.3. The third-order valence-electron chi connectivity index (χ3n) is 1.63. The third-order valence-corrected chi connectivity index (χ3v) is 2.56. The van der Waals surface area contributed by atoms with Crippen molar-refractivity contribution in [3.63, 3.8) is 0 Å². The fourth-order valence-corrected chi connectivity index (χ4v) is 2.48. The van der Waals surface area contributed by atoms with E-state index in [2.05, 4.69) is 10.0 Å². The zero-order valence-electron chi connectivity index (χ0n) is 8.28. The Labute approximate surface area is 78.8 Å². The molecule has 1 rings (SSSR count). The van der Waals surface area contributed by atoms with E-state index in [1.54, 1.807) is 0 Å². The molecule has 1 heterocycles. The number of azide groups is 1. The molecule has 1 fully saturated rings. The van der Waals surface area contributed by atoms with Crippen molar-refractivity contribution in [3.05, 3.63) is 10.4 Å². The largest absolute Gasteiger partial charge is 0.387 e. The Balaban J connectivity index is 2.73. The van der Waals surface area contributed by atoms with Crippen LogP contribution in [0.4, 0.5) is 0 Å². The highest BCUT2D eigenvalue weighted by Crippen LogP contribution is 2.31. The van der Waals surface area contributed by atoms with Crippen LogP contribution < -0.4 is 0 Å². The number of hydrogen-bond acceptors (Lipinski definition) is 3. The maximum atomic E-state index is 8.40. The average Bonchev–Trinajstić information content (AvgIpc) is 2.33. The van der Waals surface area contributed by atoms with Crippen molar-refractivity contribution in [1.29, 1.82) is 0 Å². The summed E-state index contributed by atoms with van der Waals surface area (Å²) in [6, 6.07) is 0. The Kier molecular flexibility index (Phi) is 2.97. The van der Waals surface area contributed by atoms with E-state index in [4.69, 9.17) is 14.7 Å². The normalized spacial score (nSPS) is 28.5. The fraction of sp³-hybridized carbons (Fsp3) is 1.00. The molecule has 0 aliphatic carbocycles. The van der Waals surface area contributed by atoms with Crippen LogP contribution in [0.15, 0.2) is 5.11 Å². The molecule has 1 aliphatic heterocycles. The highest BCUT2D eigenvalue weighted by molar-refractivity contribution is 6.69. The van der Waals surface area contributed by atoms with Crippen molar-refractivity contribution in [3.8, 4) is 0 Å². The van der Waals surface area contributed by atoms with E-state index in [0.29, 0.717) is 13.0 Å². The van der Waals surface area contributed by atoms with Gasteiger partial charge in [-0.05, 0) is 36.7 Å². The van der Waals surface area contributed by atoms with E-state index in [1.807, 2.05) is 19.6 Å². The molecular weight excluding hydrogens is 186 g/mol. The van der Waals surface area contributed by atoms with Crippen molar-refractivity contribution in [2.45, 2.75) is 38.4 Å². The Morgan fingerprint density at radius 3 is 2.62 bits per heavy atom. The molecule has 0 spiro atoms. The van der Waals surface area contributed by atoms with Gasteiger partial charge >= 0.3 is 0 Å². The summed E-state index contributed by atoms with van der Waals surface area (Å²) in [4.78, 5) is 2.77. The molecule has 1 saturated heterocycles. The first kappa shape index (κ1) is 10.5. The van der Waals surface area contributed by atoms with Gasteiger partial charge in [0.1, 0.15) is 0 Å². The van der Waals surface area contributed by atoms with Crippen LogP contribution in [0.25, 0.3) is 10.4 Å². The minimum atomic E-state index is -1.72. The number of nitrogens with zero attached hydrogens (tertiary/aromatic N) is 3. The predicted molar refractivity (Wildman–Crippen MR) is 51.5 cm³/mol. The summed E-state index contributed by atoms with van der Waals surface area (Å²) in [7, 11) is -1.72. The van der Waals surface area contributed by atoms with Crippen LogP contribution in [0.5, 0.6) is 0 Å². The van der Waals surface area contributed by atoms with Gasteiger partial charge < -0.3 is 9.16 Å². The second kappa shape index (κ2) is 3.67. The van der Waals surface area contributed by atoms with Crippen LogP contribution in [0.3, 0.4) is 0 Å². The fourth-order valence-electron chi connectivity index (χ4n) is 1.33. The van der Waals surface area contributed by atoms with Gasteiger partial charge in [-0.15, -0.1) is 0 Å². The van der Waals surface area contributed by atoms with Gasteiger partial charge in [0.2, 0.25) is 5.91 Å². The Hall–Kier alpha value is -0.553. The maximum Gasteiger partial charge on any atom is 0.240 e. The predicted octanol–water partition coefficient (Wildman–Crippen LogP) is 2.61. The van der Waals surface area contributed by atoms with Crippen LogP contribution in [-0.4, -0.2) is 20.8 Å². The Morgan fingerprint density at radius 2 is 2.23 bits per heavy atom. The zero-order chi connectivity index (χ0) is 9.95. The second-order valence-corrected chi connectivity index (χ2v) is 8.50. The van der Waals surface area contributed by atoms with Crippen molar-refractivity contribution < 1.29 is 9.16 Å². The summed E-state index contributed by atoms with van der Waals surface area (Å²) in [5.74, 6) is -1.00. The van der Waals surface area contributed by atoms with Crippen LogP contribution in [0.1, 0.15) is 12.8 Å². The van der Waals surface area contributed by atoms with Gasteiger partial charge in [0.25, 0.3) is 0 Å². The quantitative estimate of drug-likeness (QED) is 0.305. The van der Waals surface area contributed by atoms with E-state index in [9.17, 15) is 0 Å². The van der Waals surface area contributed by atoms with E-state index in [-0.39, 0.29) is 0 Å². The summed E-state index contributed by atoms with van der Waals surface area (Å²) >= 11 is 0. The zero-order valence-corrected chi connectivity index (χ0v) is 9.28. The standard InChI is InChI=1S/C7H15N3O2Si/c1-13(2,3)12-7(9-10-8)5-4-6-11-7/h4-6H2,1-3H3. The van der Waals surface area contributed by atoms with Crippen molar-refractivity contribution in [1.82, 2.24) is 0 Å². The SMILES string of the molecule is C[Si](C)(C)OC1(N=[N+]=[N-])CCCO1. The molecule has 6 heteroatoms. The summed E-state index contributed by atoms with van der Waals surface area (Å²) in [5, 5.41) is 3.61. The van der Waals surface area contributed by atoms with Crippen molar-refractivity contribution in [2.24, 2.45) is 5.11 Å². The van der Waals surface area contributed by atoms with Gasteiger partial charge in [-0.3, -0.25) is 0 Å². The highest BCUT2D eigenvalue weighted by atomic mass is 28.4. The van der Waals surface area contributed by atoms with Crippen molar-refractivity contribution in [2.75, 3.05) is 6.61 Å². The number of rotatable bonds is 3. The van der Waals surface area contributed by atoms with Crippen LogP contribution in [0.2, 0.25) is 19.6 Å². The van der Waals surface area contributed by atoms with Gasteiger partial charge in [-0.2, -0.15) is 0 Å².